The minimum absolute atomic E-state index is 0.159. The predicted molar refractivity (Wildman–Crippen MR) is 83.7 cm³/mol. The van der Waals surface area contributed by atoms with Crippen LogP contribution in [0, 0.1) is 6.92 Å². The Morgan fingerprint density at radius 3 is 2.48 bits per heavy atom. The Hall–Kier alpha value is -1.50. The number of ether oxygens (including phenoxy) is 1. The van der Waals surface area contributed by atoms with E-state index in [1.54, 1.807) is 19.2 Å². The molecule has 2 aromatic rings. The first-order valence-electron chi connectivity index (χ1n) is 6.27. The van der Waals surface area contributed by atoms with E-state index in [-0.39, 0.29) is 4.90 Å². The monoisotopic (exact) mass is 324 g/mol. The van der Waals surface area contributed by atoms with E-state index in [1.807, 2.05) is 31.2 Å². The number of aryl methyl sites for hydroxylation is 1. The number of rotatable bonds is 6. The first-order chi connectivity index (χ1) is 10.0. The molecule has 0 saturated heterocycles. The second-order valence-corrected chi connectivity index (χ2v) is 6.90. The van der Waals surface area contributed by atoms with Gasteiger partial charge in [0, 0.05) is 17.8 Å². The Kier molecular flexibility index (Phi) is 5.27. The maximum Gasteiger partial charge on any atom is 0.307 e. The quantitative estimate of drug-likeness (QED) is 0.761. The summed E-state index contributed by atoms with van der Waals surface area (Å²) in [6, 6.07) is 14.0. The van der Waals surface area contributed by atoms with Crippen molar-refractivity contribution in [2.45, 2.75) is 17.6 Å². The van der Waals surface area contributed by atoms with Gasteiger partial charge in [0.05, 0.1) is 12.0 Å². The molecule has 112 valence electrons. The van der Waals surface area contributed by atoms with Crippen molar-refractivity contribution in [1.82, 2.24) is 0 Å². The topological polar surface area (TPSA) is 52.6 Å². The fourth-order valence-electron chi connectivity index (χ4n) is 1.66. The molecule has 0 aromatic heterocycles. The molecule has 0 unspecified atom stereocenters. The summed E-state index contributed by atoms with van der Waals surface area (Å²) in [5, 5.41) is 0. The molecule has 0 spiro atoms. The third-order valence-corrected chi connectivity index (χ3v) is 5.21. The Morgan fingerprint density at radius 1 is 1.10 bits per heavy atom. The van der Waals surface area contributed by atoms with Gasteiger partial charge in [-0.3, -0.25) is 0 Å². The van der Waals surface area contributed by atoms with Crippen LogP contribution in [0.1, 0.15) is 11.1 Å². The van der Waals surface area contributed by atoms with Crippen LogP contribution in [0.5, 0.6) is 5.75 Å². The van der Waals surface area contributed by atoms with Crippen molar-refractivity contribution in [3.63, 3.8) is 0 Å². The highest BCUT2D eigenvalue weighted by molar-refractivity contribution is 8.04. The maximum absolute atomic E-state index is 12.0. The van der Waals surface area contributed by atoms with Gasteiger partial charge in [0.15, 0.2) is 0 Å². The zero-order valence-corrected chi connectivity index (χ0v) is 13.4. The van der Waals surface area contributed by atoms with Gasteiger partial charge in [-0.25, -0.2) is 0 Å². The van der Waals surface area contributed by atoms with Crippen LogP contribution in [0.2, 0.25) is 0 Å². The lowest BCUT2D eigenvalue weighted by atomic mass is 10.2. The Balaban J connectivity index is 1.97. The summed E-state index contributed by atoms with van der Waals surface area (Å²) in [6.07, 6.45) is 0. The number of benzene rings is 2. The number of methoxy groups -OCH3 is 1. The van der Waals surface area contributed by atoms with Gasteiger partial charge < -0.3 is 4.74 Å². The molecule has 0 amide bonds. The van der Waals surface area contributed by atoms with Gasteiger partial charge >= 0.3 is 10.1 Å². The van der Waals surface area contributed by atoms with E-state index in [4.69, 9.17) is 8.37 Å². The maximum atomic E-state index is 12.0. The summed E-state index contributed by atoms with van der Waals surface area (Å²) in [5.74, 6) is 1.15. The molecule has 0 aliphatic carbocycles. The first kappa shape index (κ1) is 15.9. The molecular formula is C15H16O4S2. The molecule has 0 saturated carbocycles. The van der Waals surface area contributed by atoms with E-state index in [2.05, 4.69) is 0 Å². The van der Waals surface area contributed by atoms with Crippen LogP contribution < -0.4 is 4.74 Å². The van der Waals surface area contributed by atoms with Crippen molar-refractivity contribution >= 4 is 22.2 Å². The molecule has 6 heteroatoms. The second-order valence-electron chi connectivity index (χ2n) is 4.45. The van der Waals surface area contributed by atoms with Crippen LogP contribution in [-0.4, -0.2) is 15.5 Å². The SMILES string of the molecule is COc1cccc(CSOS(=O)(=O)c2ccc(C)cc2)c1. The summed E-state index contributed by atoms with van der Waals surface area (Å²) >= 11 is 0.888. The van der Waals surface area contributed by atoms with E-state index in [1.165, 1.54) is 12.1 Å². The Bertz CT molecular complexity index is 694. The molecule has 0 N–H and O–H groups in total. The van der Waals surface area contributed by atoms with E-state index in [9.17, 15) is 8.42 Å². The molecule has 0 fully saturated rings. The van der Waals surface area contributed by atoms with Crippen LogP contribution in [0.4, 0.5) is 0 Å². The normalized spacial score (nSPS) is 11.3. The largest absolute Gasteiger partial charge is 0.497 e. The van der Waals surface area contributed by atoms with Crippen molar-refractivity contribution in [3.8, 4) is 5.75 Å². The Morgan fingerprint density at radius 2 is 1.81 bits per heavy atom. The zero-order valence-electron chi connectivity index (χ0n) is 11.8. The van der Waals surface area contributed by atoms with Gasteiger partial charge in [0.2, 0.25) is 0 Å². The smallest absolute Gasteiger partial charge is 0.307 e. The Labute approximate surface area is 129 Å². The van der Waals surface area contributed by atoms with Crippen LogP contribution >= 0.6 is 12.0 Å². The predicted octanol–water partition coefficient (Wildman–Crippen LogP) is 3.56. The summed E-state index contributed by atoms with van der Waals surface area (Å²) in [7, 11) is -2.14. The lowest BCUT2D eigenvalue weighted by Gasteiger charge is -2.06. The molecule has 0 aliphatic heterocycles. The van der Waals surface area contributed by atoms with Gasteiger partial charge in [-0.15, -0.1) is 0 Å². The molecule has 0 bridgehead atoms. The highest BCUT2D eigenvalue weighted by Crippen LogP contribution is 2.23. The summed E-state index contributed by atoms with van der Waals surface area (Å²) < 4.78 is 34.1. The minimum atomic E-state index is -3.73. The molecular weight excluding hydrogens is 308 g/mol. The van der Waals surface area contributed by atoms with Crippen LogP contribution in [0.25, 0.3) is 0 Å². The molecule has 0 atom stereocenters. The van der Waals surface area contributed by atoms with E-state index in [0.29, 0.717) is 5.75 Å². The second kappa shape index (κ2) is 6.98. The van der Waals surface area contributed by atoms with Crippen LogP contribution in [0.15, 0.2) is 53.4 Å². The van der Waals surface area contributed by atoms with Crippen molar-refractivity contribution in [2.75, 3.05) is 7.11 Å². The average molecular weight is 324 g/mol. The lowest BCUT2D eigenvalue weighted by molar-refractivity contribution is 0.414. The van der Waals surface area contributed by atoms with Crippen molar-refractivity contribution in [3.05, 3.63) is 59.7 Å². The number of hydrogen-bond donors (Lipinski definition) is 0. The molecule has 2 rings (SSSR count). The first-order valence-corrected chi connectivity index (χ1v) is 8.59. The van der Waals surface area contributed by atoms with E-state index in [0.717, 1.165) is 28.9 Å². The van der Waals surface area contributed by atoms with E-state index < -0.39 is 10.1 Å². The van der Waals surface area contributed by atoms with Gasteiger partial charge in [0.1, 0.15) is 5.75 Å². The molecule has 21 heavy (non-hydrogen) atoms. The van der Waals surface area contributed by atoms with Gasteiger partial charge in [-0.2, -0.15) is 12.0 Å². The standard InChI is InChI=1S/C15H16O4S2/c1-12-6-8-15(9-7-12)21(16,17)19-20-11-13-4-3-5-14(10-13)18-2/h3-10H,11H2,1-2H3. The minimum Gasteiger partial charge on any atom is -0.497 e. The van der Waals surface area contributed by atoms with Crippen LogP contribution in [0.3, 0.4) is 0 Å². The fourth-order valence-corrected chi connectivity index (χ4v) is 3.46. The van der Waals surface area contributed by atoms with Crippen molar-refractivity contribution < 1.29 is 16.8 Å². The third-order valence-electron chi connectivity index (χ3n) is 2.81. The van der Waals surface area contributed by atoms with Gasteiger partial charge in [-0.1, -0.05) is 29.8 Å². The fraction of sp³-hybridized carbons (Fsp3) is 0.200. The van der Waals surface area contributed by atoms with Crippen molar-refractivity contribution in [1.29, 1.82) is 0 Å². The lowest BCUT2D eigenvalue weighted by Crippen LogP contribution is -2.01. The van der Waals surface area contributed by atoms with Crippen LogP contribution in [-0.2, 0) is 19.5 Å². The summed E-state index contributed by atoms with van der Waals surface area (Å²) in [4.78, 5) is 0.159. The molecule has 0 heterocycles. The van der Waals surface area contributed by atoms with E-state index >= 15 is 0 Å². The molecule has 0 aliphatic rings. The highest BCUT2D eigenvalue weighted by atomic mass is 32.3. The summed E-state index contributed by atoms with van der Waals surface area (Å²) in [5.41, 5.74) is 1.93. The molecule has 2 aromatic carbocycles. The van der Waals surface area contributed by atoms with Crippen molar-refractivity contribution in [2.24, 2.45) is 0 Å². The third kappa shape index (κ3) is 4.49. The van der Waals surface area contributed by atoms with Gasteiger partial charge in [-0.05, 0) is 36.8 Å². The average Bonchev–Trinajstić information content (AvgIpc) is 2.48. The zero-order chi connectivity index (χ0) is 15.3. The summed E-state index contributed by atoms with van der Waals surface area (Å²) in [6.45, 7) is 1.90. The highest BCUT2D eigenvalue weighted by Gasteiger charge is 2.15. The van der Waals surface area contributed by atoms with Gasteiger partial charge in [0.25, 0.3) is 0 Å². The molecule has 4 nitrogen and oxygen atoms in total. The molecule has 0 radical (unpaired) electrons. The number of hydrogen-bond acceptors (Lipinski definition) is 5.